The fraction of sp³-hybridized carbons (Fsp3) is 0.0400. The number of benzene rings is 3. The molecule has 0 bridgehead atoms. The van der Waals surface area contributed by atoms with Crippen LogP contribution in [0.5, 0.6) is 0 Å². The number of nitrogens with zero attached hydrogens (tertiary/aromatic N) is 2. The van der Waals surface area contributed by atoms with E-state index in [2.05, 4.69) is 15.3 Å². The minimum absolute atomic E-state index is 0.0997. The number of non-ortho nitro benzene ring substituents is 1. The molecule has 1 amide bonds. The average Bonchev–Trinajstić information content (AvgIpc) is 3.26. The lowest BCUT2D eigenvalue weighted by atomic mass is 9.83. The Labute approximate surface area is 192 Å². The molecule has 9 nitrogen and oxygen atoms in total. The summed E-state index contributed by atoms with van der Waals surface area (Å²) < 4.78 is 0. The summed E-state index contributed by atoms with van der Waals surface area (Å²) >= 11 is 0. The van der Waals surface area contributed by atoms with E-state index in [-0.39, 0.29) is 45.8 Å². The lowest BCUT2D eigenvalue weighted by molar-refractivity contribution is -0.384. The van der Waals surface area contributed by atoms with E-state index in [4.69, 9.17) is 0 Å². The lowest BCUT2D eigenvalue weighted by Gasteiger charge is -2.17. The molecule has 3 aromatic carbocycles. The Balaban J connectivity index is 1.67. The number of imidazole rings is 1. The van der Waals surface area contributed by atoms with Crippen molar-refractivity contribution in [2.45, 2.75) is 6.92 Å². The summed E-state index contributed by atoms with van der Waals surface area (Å²) in [7, 11) is 0. The number of fused-ring (bicyclic) bond motifs is 4. The second-order valence-electron chi connectivity index (χ2n) is 7.76. The molecule has 5 rings (SSSR count). The number of nitro groups is 1. The molecule has 0 aliphatic heterocycles. The molecule has 0 radical (unpaired) electrons. The maximum atomic E-state index is 13.3. The van der Waals surface area contributed by atoms with Crippen molar-refractivity contribution in [1.82, 2.24) is 15.3 Å². The number of nitro benzene ring substituents is 1. The van der Waals surface area contributed by atoms with E-state index in [9.17, 15) is 24.5 Å². The zero-order valence-electron chi connectivity index (χ0n) is 17.8. The van der Waals surface area contributed by atoms with Gasteiger partial charge >= 0.3 is 0 Å². The molecule has 0 atom stereocenters. The number of aromatic nitrogens is 2. The van der Waals surface area contributed by atoms with Crippen molar-refractivity contribution in [3.05, 3.63) is 104 Å². The SMILES string of the molecule is CC(=O)NC(=Cc1cccc([N+](=O)[O-])c1)c1nc2c3c(ccc2[nH]1)C(=O)c1ccccc1C3=O. The second kappa shape index (κ2) is 7.89. The highest BCUT2D eigenvalue weighted by Crippen LogP contribution is 2.32. The van der Waals surface area contributed by atoms with Gasteiger partial charge < -0.3 is 10.3 Å². The third-order valence-corrected chi connectivity index (χ3v) is 5.50. The molecule has 1 aliphatic rings. The molecule has 0 saturated heterocycles. The molecule has 0 spiro atoms. The summed E-state index contributed by atoms with van der Waals surface area (Å²) in [6, 6.07) is 15.8. The van der Waals surface area contributed by atoms with Gasteiger partial charge in [-0.25, -0.2) is 4.98 Å². The molecule has 0 fully saturated rings. The number of H-pyrrole nitrogens is 1. The molecule has 0 saturated carbocycles. The van der Waals surface area contributed by atoms with E-state index >= 15 is 0 Å². The quantitative estimate of drug-likeness (QED) is 0.314. The minimum atomic E-state index is -0.511. The predicted molar refractivity (Wildman–Crippen MR) is 124 cm³/mol. The number of carbonyl (C=O) groups excluding carboxylic acids is 3. The van der Waals surface area contributed by atoms with Crippen molar-refractivity contribution in [2.24, 2.45) is 0 Å². The Morgan fingerprint density at radius 3 is 2.44 bits per heavy atom. The molecule has 9 heteroatoms. The van der Waals surface area contributed by atoms with Gasteiger partial charge in [0.25, 0.3) is 5.69 Å². The summed E-state index contributed by atoms with van der Waals surface area (Å²) in [5.74, 6) is -0.702. The number of hydrogen-bond donors (Lipinski definition) is 2. The number of aromatic amines is 1. The smallest absolute Gasteiger partial charge is 0.270 e. The number of hydrogen-bond acceptors (Lipinski definition) is 6. The van der Waals surface area contributed by atoms with Gasteiger partial charge in [-0.05, 0) is 23.8 Å². The second-order valence-corrected chi connectivity index (χ2v) is 7.76. The van der Waals surface area contributed by atoms with Crippen LogP contribution in [0.1, 0.15) is 50.2 Å². The molecule has 1 aliphatic carbocycles. The van der Waals surface area contributed by atoms with Crippen molar-refractivity contribution in [3.8, 4) is 0 Å². The van der Waals surface area contributed by atoms with Gasteiger partial charge in [0.15, 0.2) is 17.4 Å². The van der Waals surface area contributed by atoms with Gasteiger partial charge in [0.05, 0.1) is 21.7 Å². The summed E-state index contributed by atoms with van der Waals surface area (Å²) in [4.78, 5) is 56.4. The van der Waals surface area contributed by atoms with E-state index in [1.165, 1.54) is 25.1 Å². The largest absolute Gasteiger partial charge is 0.337 e. The Morgan fingerprint density at radius 1 is 1.00 bits per heavy atom. The Morgan fingerprint density at radius 2 is 1.74 bits per heavy atom. The van der Waals surface area contributed by atoms with Gasteiger partial charge in [-0.15, -0.1) is 0 Å². The van der Waals surface area contributed by atoms with Crippen molar-refractivity contribution in [2.75, 3.05) is 0 Å². The molecule has 166 valence electrons. The monoisotopic (exact) mass is 452 g/mol. The van der Waals surface area contributed by atoms with Crippen LogP contribution in [-0.2, 0) is 4.79 Å². The van der Waals surface area contributed by atoms with Crippen LogP contribution in [0, 0.1) is 10.1 Å². The Kier molecular flexibility index (Phi) is 4.86. The number of ketones is 2. The molecule has 0 unspecified atom stereocenters. The number of amides is 1. The fourth-order valence-electron chi connectivity index (χ4n) is 4.03. The van der Waals surface area contributed by atoms with E-state index in [0.29, 0.717) is 27.7 Å². The van der Waals surface area contributed by atoms with E-state index in [1.807, 2.05) is 0 Å². The summed E-state index contributed by atoms with van der Waals surface area (Å²) in [5, 5.41) is 13.8. The van der Waals surface area contributed by atoms with Gasteiger partial charge in [0.2, 0.25) is 5.91 Å². The van der Waals surface area contributed by atoms with Crippen LogP contribution in [0.2, 0.25) is 0 Å². The van der Waals surface area contributed by atoms with Crippen LogP contribution in [0.15, 0.2) is 60.7 Å². The molecule has 1 aromatic heterocycles. The highest BCUT2D eigenvalue weighted by atomic mass is 16.6. The first-order valence-electron chi connectivity index (χ1n) is 10.3. The molecular weight excluding hydrogens is 436 g/mol. The molecule has 1 heterocycles. The maximum absolute atomic E-state index is 13.3. The van der Waals surface area contributed by atoms with E-state index < -0.39 is 4.92 Å². The first kappa shape index (κ1) is 21.0. The van der Waals surface area contributed by atoms with Gasteiger partial charge in [0.1, 0.15) is 5.52 Å². The molecule has 2 N–H and O–H groups in total. The summed E-state index contributed by atoms with van der Waals surface area (Å²) in [6.07, 6.45) is 1.54. The van der Waals surface area contributed by atoms with Crippen molar-refractivity contribution >= 4 is 46.0 Å². The zero-order chi connectivity index (χ0) is 24.0. The minimum Gasteiger partial charge on any atom is -0.337 e. The lowest BCUT2D eigenvalue weighted by Crippen LogP contribution is -2.21. The molecule has 4 aromatic rings. The van der Waals surface area contributed by atoms with Crippen molar-refractivity contribution < 1.29 is 19.3 Å². The van der Waals surface area contributed by atoms with Crippen LogP contribution in [0.3, 0.4) is 0 Å². The molecular formula is C25H16N4O5. The van der Waals surface area contributed by atoms with E-state index in [0.717, 1.165) is 0 Å². The standard InChI is InChI=1S/C25H16N4O5/c1-13(30)26-20(12-14-5-4-6-15(11-14)29(33)34)25-27-19-10-9-18-21(22(19)28-25)24(32)17-8-3-2-7-16(17)23(18)31/h2-12H,1H3,(H,26,30)(H,27,28). The number of carbonyl (C=O) groups is 3. The van der Waals surface area contributed by atoms with Gasteiger partial charge in [0, 0.05) is 35.7 Å². The normalized spacial score (nSPS) is 12.9. The van der Waals surface area contributed by atoms with Gasteiger partial charge in [-0.1, -0.05) is 36.4 Å². The van der Waals surface area contributed by atoms with E-state index in [1.54, 1.807) is 48.5 Å². The van der Waals surface area contributed by atoms with Crippen LogP contribution >= 0.6 is 0 Å². The Bertz CT molecular complexity index is 1580. The number of nitrogens with one attached hydrogen (secondary N) is 2. The summed E-state index contributed by atoms with van der Waals surface area (Å²) in [5.41, 5.74) is 2.55. The van der Waals surface area contributed by atoms with Gasteiger partial charge in [-0.3, -0.25) is 24.5 Å². The topological polar surface area (TPSA) is 135 Å². The predicted octanol–water partition coefficient (Wildman–Crippen LogP) is 3.88. The van der Waals surface area contributed by atoms with Gasteiger partial charge in [-0.2, -0.15) is 0 Å². The van der Waals surface area contributed by atoms with Crippen LogP contribution in [-0.4, -0.2) is 32.4 Å². The summed E-state index contributed by atoms with van der Waals surface area (Å²) in [6.45, 7) is 1.32. The number of rotatable bonds is 4. The van der Waals surface area contributed by atoms with Crippen molar-refractivity contribution in [1.29, 1.82) is 0 Å². The highest BCUT2D eigenvalue weighted by Gasteiger charge is 2.32. The fourth-order valence-corrected chi connectivity index (χ4v) is 4.03. The van der Waals surface area contributed by atoms with Crippen LogP contribution < -0.4 is 5.32 Å². The third-order valence-electron chi connectivity index (χ3n) is 5.50. The molecule has 34 heavy (non-hydrogen) atoms. The third kappa shape index (κ3) is 3.45. The Hall–Kier alpha value is -4.92. The van der Waals surface area contributed by atoms with Crippen LogP contribution in [0.4, 0.5) is 5.69 Å². The van der Waals surface area contributed by atoms with Crippen LogP contribution in [0.25, 0.3) is 22.8 Å². The van der Waals surface area contributed by atoms with Crippen molar-refractivity contribution in [3.63, 3.8) is 0 Å². The highest BCUT2D eigenvalue weighted by molar-refractivity contribution is 6.31. The maximum Gasteiger partial charge on any atom is 0.270 e. The zero-order valence-corrected chi connectivity index (χ0v) is 17.8. The average molecular weight is 452 g/mol. The first-order valence-corrected chi connectivity index (χ1v) is 10.3. The first-order chi connectivity index (χ1) is 16.3.